The van der Waals surface area contributed by atoms with Gasteiger partial charge in [0.1, 0.15) is 23.1 Å². The van der Waals surface area contributed by atoms with Crippen LogP contribution in [0, 0.1) is 0 Å². The lowest BCUT2D eigenvalue weighted by molar-refractivity contribution is 0.328. The van der Waals surface area contributed by atoms with E-state index in [1.807, 2.05) is 18.2 Å². The molecule has 1 heterocycles. The largest absolute Gasteiger partial charge is 0.492 e. The first-order chi connectivity index (χ1) is 9.99. The van der Waals surface area contributed by atoms with Crippen LogP contribution in [0.25, 0.3) is 0 Å². The number of rotatable bonds is 6. The average Bonchev–Trinajstić information content (AvgIpc) is 2.45. The number of hydrogen-bond acceptors (Lipinski definition) is 6. The summed E-state index contributed by atoms with van der Waals surface area (Å²) in [5.41, 5.74) is 6.14. The van der Waals surface area contributed by atoms with E-state index in [9.17, 15) is 8.42 Å². The highest BCUT2D eigenvalue weighted by molar-refractivity contribution is 7.89. The Morgan fingerprint density at radius 3 is 2.67 bits per heavy atom. The lowest BCUT2D eigenvalue weighted by atomic mass is 10.3. The van der Waals surface area contributed by atoms with E-state index in [1.165, 1.54) is 18.3 Å². The van der Waals surface area contributed by atoms with Gasteiger partial charge in [0.15, 0.2) is 0 Å². The van der Waals surface area contributed by atoms with E-state index in [-0.39, 0.29) is 4.90 Å². The molecule has 0 bridgehead atoms. The van der Waals surface area contributed by atoms with Crippen LogP contribution in [0.15, 0.2) is 47.5 Å². The monoisotopic (exact) mass is 308 g/mol. The number of sulfonamides is 1. The summed E-state index contributed by atoms with van der Waals surface area (Å²) in [5.74, 6) is 1.19. The molecule has 0 spiro atoms. The predicted molar refractivity (Wildman–Crippen MR) is 79.9 cm³/mol. The first-order valence-corrected chi connectivity index (χ1v) is 7.72. The van der Waals surface area contributed by atoms with Gasteiger partial charge in [-0.3, -0.25) is 0 Å². The molecule has 1 aromatic heterocycles. The molecular weight excluding hydrogens is 292 g/mol. The highest BCUT2D eigenvalue weighted by atomic mass is 32.2. The molecule has 0 aliphatic carbocycles. The maximum atomic E-state index is 11.1. The maximum absolute atomic E-state index is 11.1. The van der Waals surface area contributed by atoms with Gasteiger partial charge in [0.05, 0.1) is 0 Å². The number of aromatic nitrogens is 1. The number of anilines is 2. The minimum atomic E-state index is -3.73. The Kier molecular flexibility index (Phi) is 4.73. The molecule has 0 fully saturated rings. The van der Waals surface area contributed by atoms with Gasteiger partial charge in [-0.05, 0) is 24.3 Å². The summed E-state index contributed by atoms with van der Waals surface area (Å²) in [5, 5.41) is 8.05. The Balaban J connectivity index is 2.11. The lowest BCUT2D eigenvalue weighted by Gasteiger charge is -2.09. The van der Waals surface area contributed by atoms with E-state index in [1.54, 1.807) is 6.07 Å². The fourth-order valence-electron chi connectivity index (χ4n) is 1.61. The number of nitrogens with zero attached hydrogens (tertiary/aromatic N) is 1. The van der Waals surface area contributed by atoms with E-state index in [2.05, 4.69) is 10.3 Å². The Morgan fingerprint density at radius 2 is 2.05 bits per heavy atom. The van der Waals surface area contributed by atoms with Crippen LogP contribution in [0.5, 0.6) is 5.75 Å². The van der Waals surface area contributed by atoms with Gasteiger partial charge < -0.3 is 15.8 Å². The lowest BCUT2D eigenvalue weighted by Crippen LogP contribution is -2.12. The Bertz CT molecular complexity index is 702. The number of primary sulfonamides is 1. The molecule has 7 nitrogen and oxygen atoms in total. The van der Waals surface area contributed by atoms with Crippen molar-refractivity contribution in [2.75, 3.05) is 18.5 Å². The fraction of sp³-hybridized carbons (Fsp3) is 0.154. The smallest absolute Gasteiger partial charge is 0.239 e. The SMILES string of the molecule is NCCOc1cccc(Nc2ccc(S(N)(=O)=O)cn2)c1. The third kappa shape index (κ3) is 4.42. The molecule has 0 aliphatic rings. The highest BCUT2D eigenvalue weighted by Crippen LogP contribution is 2.20. The zero-order chi connectivity index (χ0) is 15.3. The van der Waals surface area contributed by atoms with Gasteiger partial charge >= 0.3 is 0 Å². The van der Waals surface area contributed by atoms with Crippen LogP contribution in [0.3, 0.4) is 0 Å². The van der Waals surface area contributed by atoms with E-state index in [0.29, 0.717) is 24.7 Å². The molecule has 0 saturated heterocycles. The summed E-state index contributed by atoms with van der Waals surface area (Å²) in [7, 11) is -3.73. The third-order valence-electron chi connectivity index (χ3n) is 2.56. The predicted octanol–water partition coefficient (Wildman–Crippen LogP) is 0.810. The second-order valence-electron chi connectivity index (χ2n) is 4.21. The van der Waals surface area contributed by atoms with Crippen molar-refractivity contribution < 1.29 is 13.2 Å². The summed E-state index contributed by atoms with van der Waals surface area (Å²) in [6, 6.07) is 10.2. The number of nitrogens with two attached hydrogens (primary N) is 2. The first-order valence-electron chi connectivity index (χ1n) is 6.18. The molecule has 112 valence electrons. The number of ether oxygens (including phenoxy) is 1. The van der Waals surface area contributed by atoms with Crippen molar-refractivity contribution >= 4 is 21.5 Å². The molecule has 2 rings (SSSR count). The first kappa shape index (κ1) is 15.2. The standard InChI is InChI=1S/C13H16N4O3S/c14-6-7-20-11-3-1-2-10(8-11)17-13-5-4-12(9-16-13)21(15,18)19/h1-5,8-9H,6-7,14H2,(H,16,17)(H2,15,18,19). The van der Waals surface area contributed by atoms with Crippen molar-refractivity contribution in [1.82, 2.24) is 4.98 Å². The number of nitrogens with one attached hydrogen (secondary N) is 1. The van der Waals surface area contributed by atoms with Crippen LogP contribution < -0.4 is 20.9 Å². The molecule has 0 amide bonds. The van der Waals surface area contributed by atoms with Gasteiger partial charge in [0.25, 0.3) is 0 Å². The Morgan fingerprint density at radius 1 is 1.24 bits per heavy atom. The second-order valence-corrected chi connectivity index (χ2v) is 5.78. The Labute approximate surface area is 123 Å². The minimum absolute atomic E-state index is 0.0342. The van der Waals surface area contributed by atoms with E-state index >= 15 is 0 Å². The van der Waals surface area contributed by atoms with Gasteiger partial charge in [-0.2, -0.15) is 0 Å². The van der Waals surface area contributed by atoms with Gasteiger partial charge in [-0.15, -0.1) is 0 Å². The van der Waals surface area contributed by atoms with Crippen LogP contribution in [0.4, 0.5) is 11.5 Å². The summed E-state index contributed by atoms with van der Waals surface area (Å²) in [4.78, 5) is 3.97. The zero-order valence-electron chi connectivity index (χ0n) is 11.2. The van der Waals surface area contributed by atoms with Crippen molar-refractivity contribution in [2.45, 2.75) is 4.90 Å². The summed E-state index contributed by atoms with van der Waals surface area (Å²) < 4.78 is 27.7. The van der Waals surface area contributed by atoms with Crippen molar-refractivity contribution in [3.05, 3.63) is 42.6 Å². The van der Waals surface area contributed by atoms with Crippen molar-refractivity contribution in [2.24, 2.45) is 10.9 Å². The molecule has 2 aromatic rings. The minimum Gasteiger partial charge on any atom is -0.492 e. The highest BCUT2D eigenvalue weighted by Gasteiger charge is 2.07. The Hall–Kier alpha value is -2.16. The third-order valence-corrected chi connectivity index (χ3v) is 3.46. The zero-order valence-corrected chi connectivity index (χ0v) is 12.0. The number of pyridine rings is 1. The summed E-state index contributed by atoms with van der Waals surface area (Å²) >= 11 is 0. The number of benzene rings is 1. The summed E-state index contributed by atoms with van der Waals surface area (Å²) in [6.45, 7) is 0.874. The van der Waals surface area contributed by atoms with Crippen molar-refractivity contribution in [3.8, 4) is 5.75 Å². The molecular formula is C13H16N4O3S. The molecule has 1 aromatic carbocycles. The molecule has 0 radical (unpaired) electrons. The second kappa shape index (κ2) is 6.53. The van der Waals surface area contributed by atoms with Crippen molar-refractivity contribution in [3.63, 3.8) is 0 Å². The fourth-order valence-corrected chi connectivity index (χ4v) is 2.07. The van der Waals surface area contributed by atoms with Gasteiger partial charge in [-0.25, -0.2) is 18.5 Å². The topological polar surface area (TPSA) is 120 Å². The van der Waals surface area contributed by atoms with Crippen molar-refractivity contribution in [1.29, 1.82) is 0 Å². The quantitative estimate of drug-likeness (QED) is 0.726. The van der Waals surface area contributed by atoms with Gasteiger partial charge in [0, 0.05) is 24.5 Å². The molecule has 5 N–H and O–H groups in total. The van der Waals surface area contributed by atoms with E-state index in [4.69, 9.17) is 15.6 Å². The molecule has 0 unspecified atom stereocenters. The molecule has 0 atom stereocenters. The molecule has 0 aliphatic heterocycles. The van der Waals surface area contributed by atoms with Crippen LogP contribution in [-0.2, 0) is 10.0 Å². The molecule has 21 heavy (non-hydrogen) atoms. The van der Waals surface area contributed by atoms with Gasteiger partial charge in [-0.1, -0.05) is 6.07 Å². The van der Waals surface area contributed by atoms with Gasteiger partial charge in [0.2, 0.25) is 10.0 Å². The van der Waals surface area contributed by atoms with E-state index < -0.39 is 10.0 Å². The van der Waals surface area contributed by atoms with Crippen LogP contribution in [-0.4, -0.2) is 26.6 Å². The molecule has 0 saturated carbocycles. The average molecular weight is 308 g/mol. The van der Waals surface area contributed by atoms with Crippen LogP contribution in [0.2, 0.25) is 0 Å². The maximum Gasteiger partial charge on any atom is 0.239 e. The summed E-state index contributed by atoms with van der Waals surface area (Å²) in [6.07, 6.45) is 1.20. The normalized spacial score (nSPS) is 11.1. The van der Waals surface area contributed by atoms with Crippen LogP contribution >= 0.6 is 0 Å². The number of hydrogen-bond donors (Lipinski definition) is 3. The molecule has 8 heteroatoms. The van der Waals surface area contributed by atoms with Crippen LogP contribution in [0.1, 0.15) is 0 Å². The van der Waals surface area contributed by atoms with E-state index in [0.717, 1.165) is 5.69 Å².